The van der Waals surface area contributed by atoms with Gasteiger partial charge in [0, 0.05) is 0 Å². The molecule has 0 radical (unpaired) electrons. The molecule has 0 spiro atoms. The van der Waals surface area contributed by atoms with Crippen LogP contribution in [0.2, 0.25) is 0 Å². The maximum absolute atomic E-state index is 8.93. The van der Waals surface area contributed by atoms with Crippen molar-refractivity contribution < 1.29 is 54.2 Å². The molecule has 11 nitrogen and oxygen atoms in total. The zero-order chi connectivity index (χ0) is 8.73. The molecule has 90 valence electrons. The molecule has 0 atom stereocenters. The average molecular weight is 301 g/mol. The Morgan fingerprint density at radius 3 is 0.929 bits per heavy atom. The van der Waals surface area contributed by atoms with Gasteiger partial charge >= 0.3 is 28.9 Å². The zero-order valence-corrected chi connectivity index (χ0v) is 10.0. The Balaban J connectivity index is -0.0000000185. The molecule has 0 aliphatic rings. The van der Waals surface area contributed by atoms with Gasteiger partial charge in [-0.3, -0.25) is 0 Å². The van der Waals surface area contributed by atoms with Crippen molar-refractivity contribution in [1.29, 1.82) is 0 Å². The maximum atomic E-state index is 8.93. The number of carbonyl (C=O) groups is 2. The number of hydrogen-bond donors (Lipinski definition) is 3. The monoisotopic (exact) mass is 301 g/mol. The van der Waals surface area contributed by atoms with E-state index in [0.717, 1.165) is 0 Å². The first-order chi connectivity index (χ1) is 4.37. The molecule has 12 heteroatoms. The van der Waals surface area contributed by atoms with Gasteiger partial charge in [0.25, 0.3) is 0 Å². The first-order valence-electron chi connectivity index (χ1n) is 1.61. The first kappa shape index (κ1) is 38.1. The third-order valence-corrected chi connectivity index (χ3v) is 0.167. The normalized spacial score (nSPS) is 4.93. The fraction of sp³-hybridized carbons (Fsp3) is 0. The van der Waals surface area contributed by atoms with Crippen molar-refractivity contribution in [3.63, 3.8) is 0 Å². The van der Waals surface area contributed by atoms with Crippen LogP contribution in [0.15, 0.2) is 0 Å². The summed E-state index contributed by atoms with van der Waals surface area (Å²) in [5.41, 5.74) is 0. The van der Waals surface area contributed by atoms with Crippen LogP contribution in [0.25, 0.3) is 0 Å². The number of carboxylic acids is 2. The molecule has 14 N–H and O–H groups in total. The summed E-state index contributed by atoms with van der Waals surface area (Å²) in [6.45, 7) is 0. The second-order valence-corrected chi connectivity index (χ2v) is 1.90. The van der Waals surface area contributed by atoms with Crippen molar-refractivity contribution in [1.82, 2.24) is 18.5 Å². The van der Waals surface area contributed by atoms with Crippen molar-refractivity contribution in [2.24, 2.45) is 0 Å². The third kappa shape index (κ3) is 119. The van der Waals surface area contributed by atoms with Gasteiger partial charge in [-0.2, -0.15) is 0 Å². The SMILES string of the molecule is O.O=C([O-])C(=O)[O-].[NH4+].[NH4+].[NH4+].[O]=[Nb](=[O])[O-]. The fourth-order valence-corrected chi connectivity index (χ4v) is 0. The number of rotatable bonds is 0. The molecule has 0 rings (SSSR count). The van der Waals surface area contributed by atoms with Gasteiger partial charge in [0.05, 0.1) is 11.9 Å². The molecule has 0 heterocycles. The molecule has 0 fully saturated rings. The van der Waals surface area contributed by atoms with Crippen LogP contribution in [0, 0.1) is 0 Å². The molecule has 0 aromatic carbocycles. The van der Waals surface area contributed by atoms with E-state index in [0.29, 0.717) is 0 Å². The summed E-state index contributed by atoms with van der Waals surface area (Å²) >= 11 is -4.20. The Labute approximate surface area is 85.1 Å². The van der Waals surface area contributed by atoms with Crippen LogP contribution < -0.4 is 32.3 Å². The molecule has 0 bridgehead atoms. The van der Waals surface area contributed by atoms with E-state index in [9.17, 15) is 0 Å². The van der Waals surface area contributed by atoms with Crippen molar-refractivity contribution in [3.8, 4) is 0 Å². The summed E-state index contributed by atoms with van der Waals surface area (Å²) in [5.74, 6) is -4.37. The summed E-state index contributed by atoms with van der Waals surface area (Å²) in [5, 5.41) is 17.9. The fourth-order valence-electron chi connectivity index (χ4n) is 0. The van der Waals surface area contributed by atoms with Gasteiger partial charge in [0.1, 0.15) is 0 Å². The molecule has 0 aliphatic heterocycles. The molecular formula is C2H14N3NbO8. The van der Waals surface area contributed by atoms with Gasteiger partial charge in [-0.25, -0.2) is 0 Å². The Morgan fingerprint density at radius 1 is 0.857 bits per heavy atom. The van der Waals surface area contributed by atoms with Crippen LogP contribution in [0.4, 0.5) is 0 Å². The van der Waals surface area contributed by atoms with Crippen LogP contribution in [-0.4, -0.2) is 17.4 Å². The second kappa shape index (κ2) is 22.7. The molecule has 0 amide bonds. The second-order valence-electron chi connectivity index (χ2n) is 0.799. The van der Waals surface area contributed by atoms with Gasteiger partial charge in [-0.1, -0.05) is 0 Å². The molecule has 0 saturated carbocycles. The Bertz CT molecular complexity index is 181. The summed E-state index contributed by atoms with van der Waals surface area (Å²) in [4.78, 5) is 17.9. The third-order valence-electron chi connectivity index (χ3n) is 0.167. The van der Waals surface area contributed by atoms with Crippen molar-refractivity contribution in [2.45, 2.75) is 0 Å². The quantitative estimate of drug-likeness (QED) is 0.290. The molecule has 0 aliphatic carbocycles. The van der Waals surface area contributed by atoms with Crippen LogP contribution in [0.1, 0.15) is 0 Å². The van der Waals surface area contributed by atoms with Crippen LogP contribution in [-0.2, 0) is 34.9 Å². The van der Waals surface area contributed by atoms with E-state index in [4.69, 9.17) is 29.9 Å². The predicted molar refractivity (Wildman–Crippen MR) is 33.0 cm³/mol. The summed E-state index contributed by atoms with van der Waals surface area (Å²) in [7, 11) is 0. The van der Waals surface area contributed by atoms with Crippen molar-refractivity contribution in [2.75, 3.05) is 0 Å². The molecule has 0 aromatic heterocycles. The van der Waals surface area contributed by atoms with E-state index in [1.165, 1.54) is 0 Å². The predicted octanol–water partition coefficient (Wildman–Crippen LogP) is -4.64. The van der Waals surface area contributed by atoms with Gasteiger partial charge in [0.15, 0.2) is 0 Å². The number of carbonyl (C=O) groups excluding carboxylic acids is 2. The van der Waals surface area contributed by atoms with E-state index in [-0.39, 0.29) is 23.9 Å². The van der Waals surface area contributed by atoms with Crippen LogP contribution in [0.5, 0.6) is 0 Å². The zero-order valence-electron chi connectivity index (χ0n) is 7.80. The van der Waals surface area contributed by atoms with Gasteiger partial charge in [0.2, 0.25) is 0 Å². The molecule has 0 saturated heterocycles. The van der Waals surface area contributed by atoms with Crippen molar-refractivity contribution >= 4 is 11.9 Å². The molecule has 0 unspecified atom stereocenters. The van der Waals surface area contributed by atoms with Gasteiger partial charge in [-0.15, -0.1) is 0 Å². The van der Waals surface area contributed by atoms with Gasteiger partial charge < -0.3 is 43.7 Å². The Kier molecular flexibility index (Phi) is 61.8. The Hall–Kier alpha value is -0.920. The summed E-state index contributed by atoms with van der Waals surface area (Å²) in [6, 6.07) is 0. The minimum absolute atomic E-state index is 0. The van der Waals surface area contributed by atoms with Crippen LogP contribution in [0.3, 0.4) is 0 Å². The van der Waals surface area contributed by atoms with E-state index in [1.54, 1.807) is 0 Å². The number of hydrogen-bond acceptors (Lipinski definition) is 7. The van der Waals surface area contributed by atoms with Crippen LogP contribution >= 0.6 is 0 Å². The average Bonchev–Trinajstić information content (AvgIpc) is 1.63. The van der Waals surface area contributed by atoms with E-state index in [1.807, 2.05) is 0 Å². The van der Waals surface area contributed by atoms with E-state index in [2.05, 4.69) is 0 Å². The topological polar surface area (TPSA) is 278 Å². The van der Waals surface area contributed by atoms with Gasteiger partial charge in [-0.05, 0) is 0 Å². The molecule has 14 heavy (non-hydrogen) atoms. The number of quaternary nitrogens is 3. The van der Waals surface area contributed by atoms with E-state index >= 15 is 0 Å². The van der Waals surface area contributed by atoms with E-state index < -0.39 is 30.7 Å². The summed E-state index contributed by atoms with van der Waals surface area (Å²) < 4.78 is 25.8. The first-order valence-corrected chi connectivity index (χ1v) is 4.31. The number of carboxylic acid groups (broad SMARTS) is 2. The Morgan fingerprint density at radius 2 is 0.929 bits per heavy atom. The number of aliphatic carboxylic acids is 2. The summed E-state index contributed by atoms with van der Waals surface area (Å²) in [6.07, 6.45) is 0. The van der Waals surface area contributed by atoms with Crippen molar-refractivity contribution in [3.05, 3.63) is 0 Å². The molecular weight excluding hydrogens is 287 g/mol. The minimum atomic E-state index is -4.20. The molecule has 0 aromatic rings. The standard InChI is InChI=1S/C2H2O4.3H3N.Nb.H2O.3O/c3-1(4)2(5)6;;;;;;;;/h(H,3,4)(H,5,6);3*1H3;;1H2;;;/q;;;;;;;;-1/p+1.